The molecule has 7 nitrogen and oxygen atoms in total. The van der Waals surface area contributed by atoms with Gasteiger partial charge in [-0.15, -0.1) is 5.10 Å². The monoisotopic (exact) mass is 301 g/mol. The summed E-state index contributed by atoms with van der Waals surface area (Å²) in [6.07, 6.45) is 0.795. The van der Waals surface area contributed by atoms with E-state index in [1.165, 1.54) is 11.8 Å². The molecular weight excluding hydrogens is 286 g/mol. The number of nitrogen functional groups attached to an aromatic ring is 1. The van der Waals surface area contributed by atoms with Gasteiger partial charge >= 0.3 is 0 Å². The fourth-order valence-electron chi connectivity index (χ4n) is 2.02. The number of benzene rings is 1. The predicted molar refractivity (Wildman–Crippen MR) is 80.3 cm³/mol. The summed E-state index contributed by atoms with van der Waals surface area (Å²) in [7, 11) is 1.87. The van der Waals surface area contributed by atoms with Crippen molar-refractivity contribution in [1.82, 2.24) is 30.0 Å². The number of aryl methyl sites for hydroxylation is 2. The van der Waals surface area contributed by atoms with Gasteiger partial charge in [0.25, 0.3) is 0 Å². The maximum Gasteiger partial charge on any atom is 0.220 e. The molecule has 108 valence electrons. The Morgan fingerprint density at radius 3 is 2.67 bits per heavy atom. The Morgan fingerprint density at radius 1 is 1.24 bits per heavy atom. The topological polar surface area (TPSA) is 87.4 Å². The number of hydrogen-bond donors (Lipinski definition) is 1. The normalized spacial score (nSPS) is 11.0. The zero-order valence-corrected chi connectivity index (χ0v) is 12.6. The molecule has 0 unspecified atom stereocenters. The highest BCUT2D eigenvalue weighted by molar-refractivity contribution is 7.99. The lowest BCUT2D eigenvalue weighted by Crippen LogP contribution is -2.00. The molecule has 2 N–H and O–H groups in total. The van der Waals surface area contributed by atoms with E-state index >= 15 is 0 Å². The summed E-state index contributed by atoms with van der Waals surface area (Å²) in [5.41, 5.74) is 8.62. The van der Waals surface area contributed by atoms with Gasteiger partial charge in [-0.2, -0.15) is 9.78 Å². The largest absolute Gasteiger partial charge is 0.395 e. The lowest BCUT2D eigenvalue weighted by atomic mass is 10.3. The van der Waals surface area contributed by atoms with E-state index in [1.54, 1.807) is 9.36 Å². The number of hydrogen-bond acceptors (Lipinski definition) is 6. The molecule has 0 aliphatic rings. The van der Waals surface area contributed by atoms with Crippen LogP contribution in [0, 0.1) is 0 Å². The number of tetrazole rings is 1. The summed E-state index contributed by atoms with van der Waals surface area (Å²) in [6.45, 7) is 2.03. The zero-order chi connectivity index (χ0) is 14.8. The van der Waals surface area contributed by atoms with Crippen LogP contribution in [0.25, 0.3) is 5.69 Å². The molecule has 3 aromatic rings. The minimum Gasteiger partial charge on any atom is -0.395 e. The Morgan fingerprint density at radius 2 is 2.00 bits per heavy atom. The molecule has 0 aliphatic heterocycles. The second-order valence-electron chi connectivity index (χ2n) is 4.45. The lowest BCUT2D eigenvalue weighted by Gasteiger charge is -2.04. The highest BCUT2D eigenvalue weighted by Gasteiger charge is 2.17. The van der Waals surface area contributed by atoms with Gasteiger partial charge in [0, 0.05) is 7.05 Å². The molecular formula is C13H15N7S. The first-order valence-corrected chi connectivity index (χ1v) is 7.35. The van der Waals surface area contributed by atoms with E-state index in [4.69, 9.17) is 5.73 Å². The Kier molecular flexibility index (Phi) is 3.61. The van der Waals surface area contributed by atoms with Crippen molar-refractivity contribution in [1.29, 1.82) is 0 Å². The van der Waals surface area contributed by atoms with Crippen molar-refractivity contribution in [2.24, 2.45) is 7.05 Å². The third-order valence-electron chi connectivity index (χ3n) is 3.07. The molecule has 0 radical (unpaired) electrons. The average molecular weight is 301 g/mol. The molecule has 1 aromatic carbocycles. The molecule has 0 spiro atoms. The summed E-state index contributed by atoms with van der Waals surface area (Å²) in [6, 6.07) is 9.74. The average Bonchev–Trinajstić information content (AvgIpc) is 3.08. The van der Waals surface area contributed by atoms with E-state index in [-0.39, 0.29) is 0 Å². The van der Waals surface area contributed by atoms with Crippen molar-refractivity contribution in [2.75, 3.05) is 5.73 Å². The van der Waals surface area contributed by atoms with Gasteiger partial charge in [-0.25, -0.2) is 0 Å². The molecule has 3 rings (SSSR count). The van der Waals surface area contributed by atoms with Gasteiger partial charge in [-0.05, 0) is 40.7 Å². The summed E-state index contributed by atoms with van der Waals surface area (Å²) in [4.78, 5) is 0. The Bertz CT molecular complexity index is 747. The fraction of sp³-hybridized carbons (Fsp3) is 0.231. The molecule has 2 aromatic heterocycles. The molecule has 0 saturated carbocycles. The van der Waals surface area contributed by atoms with Crippen molar-refractivity contribution < 1.29 is 0 Å². The number of aromatic nitrogens is 6. The van der Waals surface area contributed by atoms with Crippen LogP contribution in [-0.4, -0.2) is 30.0 Å². The second kappa shape index (κ2) is 5.57. The molecule has 0 atom stereocenters. The van der Waals surface area contributed by atoms with Crippen LogP contribution in [0.4, 0.5) is 5.69 Å². The summed E-state index contributed by atoms with van der Waals surface area (Å²) >= 11 is 1.41. The minimum atomic E-state index is 0.651. The van der Waals surface area contributed by atoms with Crippen molar-refractivity contribution >= 4 is 17.4 Å². The SMILES string of the molecule is CCc1nn(C)c(Sc2nnnn2-c2ccccc2)c1N. The van der Waals surface area contributed by atoms with Crippen LogP contribution in [0.5, 0.6) is 0 Å². The highest BCUT2D eigenvalue weighted by Crippen LogP contribution is 2.32. The van der Waals surface area contributed by atoms with Crippen LogP contribution in [0.3, 0.4) is 0 Å². The maximum atomic E-state index is 6.14. The Hall–Kier alpha value is -2.35. The van der Waals surface area contributed by atoms with Crippen LogP contribution in [0.15, 0.2) is 40.5 Å². The molecule has 0 fully saturated rings. The molecule has 0 aliphatic carbocycles. The quantitative estimate of drug-likeness (QED) is 0.789. The molecule has 0 bridgehead atoms. The second-order valence-corrected chi connectivity index (χ2v) is 5.41. The van der Waals surface area contributed by atoms with Crippen LogP contribution < -0.4 is 5.73 Å². The zero-order valence-electron chi connectivity index (χ0n) is 11.8. The van der Waals surface area contributed by atoms with E-state index in [0.717, 1.165) is 22.8 Å². The van der Waals surface area contributed by atoms with Gasteiger partial charge in [-0.3, -0.25) is 4.68 Å². The highest BCUT2D eigenvalue weighted by atomic mass is 32.2. The van der Waals surface area contributed by atoms with E-state index in [2.05, 4.69) is 20.6 Å². The van der Waals surface area contributed by atoms with E-state index in [9.17, 15) is 0 Å². The molecule has 0 amide bonds. The lowest BCUT2D eigenvalue weighted by molar-refractivity contribution is 0.684. The van der Waals surface area contributed by atoms with Crippen molar-refractivity contribution in [3.63, 3.8) is 0 Å². The number of nitrogens with two attached hydrogens (primary N) is 1. The molecule has 0 saturated heterocycles. The van der Waals surface area contributed by atoms with Crippen molar-refractivity contribution in [3.8, 4) is 5.69 Å². The predicted octanol–water partition coefficient (Wildman–Crippen LogP) is 1.69. The van der Waals surface area contributed by atoms with Gasteiger partial charge < -0.3 is 5.73 Å². The molecule has 2 heterocycles. The fourth-order valence-corrected chi connectivity index (χ4v) is 2.90. The van der Waals surface area contributed by atoms with Crippen LogP contribution in [-0.2, 0) is 13.5 Å². The first-order chi connectivity index (χ1) is 10.2. The van der Waals surface area contributed by atoms with Gasteiger partial charge in [0.1, 0.15) is 5.03 Å². The molecule has 8 heteroatoms. The summed E-state index contributed by atoms with van der Waals surface area (Å²) in [5, 5.41) is 17.8. The molecule has 21 heavy (non-hydrogen) atoms. The van der Waals surface area contributed by atoms with Crippen molar-refractivity contribution in [2.45, 2.75) is 23.5 Å². The van der Waals surface area contributed by atoms with E-state index in [0.29, 0.717) is 10.8 Å². The third kappa shape index (κ3) is 2.49. The van der Waals surface area contributed by atoms with Crippen LogP contribution in [0.1, 0.15) is 12.6 Å². The minimum absolute atomic E-state index is 0.651. The standard InChI is InChI=1S/C13H15N7S/c1-3-10-11(14)12(19(2)16-10)21-13-15-17-18-20(13)9-7-5-4-6-8-9/h4-8H,3,14H2,1-2H3. The summed E-state index contributed by atoms with van der Waals surface area (Å²) in [5.74, 6) is 0. The number of rotatable bonds is 4. The number of anilines is 1. The maximum absolute atomic E-state index is 6.14. The first kappa shape index (κ1) is 13.6. The summed E-state index contributed by atoms with van der Waals surface area (Å²) < 4.78 is 3.45. The van der Waals surface area contributed by atoms with Gasteiger partial charge in [0.15, 0.2) is 0 Å². The van der Waals surface area contributed by atoms with E-state index < -0.39 is 0 Å². The van der Waals surface area contributed by atoms with Crippen LogP contribution >= 0.6 is 11.8 Å². The smallest absolute Gasteiger partial charge is 0.220 e. The van der Waals surface area contributed by atoms with Gasteiger partial charge in [-0.1, -0.05) is 25.1 Å². The number of nitrogens with zero attached hydrogens (tertiary/aromatic N) is 6. The first-order valence-electron chi connectivity index (χ1n) is 6.53. The van der Waals surface area contributed by atoms with Crippen LogP contribution in [0.2, 0.25) is 0 Å². The Labute approximate surface area is 126 Å². The van der Waals surface area contributed by atoms with Gasteiger partial charge in [0.2, 0.25) is 5.16 Å². The van der Waals surface area contributed by atoms with Crippen molar-refractivity contribution in [3.05, 3.63) is 36.0 Å². The Balaban J connectivity index is 1.97. The third-order valence-corrected chi connectivity index (χ3v) is 4.19. The van der Waals surface area contributed by atoms with E-state index in [1.807, 2.05) is 44.3 Å². The van der Waals surface area contributed by atoms with Gasteiger partial charge in [0.05, 0.1) is 17.1 Å². The number of para-hydroxylation sites is 1.